The average Bonchev–Trinajstić information content (AvgIpc) is 2.61. The summed E-state index contributed by atoms with van der Waals surface area (Å²) in [5.74, 6) is 0.301. The third-order valence-electron chi connectivity index (χ3n) is 3.90. The Morgan fingerprint density at radius 3 is 2.61 bits per heavy atom. The van der Waals surface area contributed by atoms with Crippen molar-refractivity contribution >= 4 is 0 Å². The van der Waals surface area contributed by atoms with E-state index in [1.165, 1.54) is 11.1 Å². The largest absolute Gasteiger partial charge is 0.508 e. The molecule has 116 valence electrons. The van der Waals surface area contributed by atoms with Crippen LogP contribution in [0.4, 0.5) is 0 Å². The average molecular weight is 304 g/mol. The van der Waals surface area contributed by atoms with Gasteiger partial charge in [0.2, 0.25) is 0 Å². The van der Waals surface area contributed by atoms with Crippen LogP contribution in [0.2, 0.25) is 0 Å². The van der Waals surface area contributed by atoms with Gasteiger partial charge in [-0.05, 0) is 53.4 Å². The normalized spacial score (nSPS) is 12.0. The van der Waals surface area contributed by atoms with Crippen LogP contribution in [0.25, 0.3) is 11.1 Å². The van der Waals surface area contributed by atoms with Crippen LogP contribution in [0.15, 0.2) is 73.1 Å². The monoisotopic (exact) mass is 304 g/mol. The summed E-state index contributed by atoms with van der Waals surface area (Å²) in [7, 11) is 0. The van der Waals surface area contributed by atoms with Crippen LogP contribution in [0.5, 0.6) is 5.75 Å². The first kappa shape index (κ1) is 15.3. The Morgan fingerprint density at radius 1 is 1.00 bits per heavy atom. The van der Waals surface area contributed by atoms with Crippen molar-refractivity contribution in [3.63, 3.8) is 0 Å². The molecule has 0 radical (unpaired) electrons. The third kappa shape index (κ3) is 3.96. The summed E-state index contributed by atoms with van der Waals surface area (Å²) in [5, 5.41) is 13.1. The molecule has 3 aromatic rings. The van der Waals surface area contributed by atoms with Crippen molar-refractivity contribution in [1.82, 2.24) is 10.3 Å². The Labute approximate surface area is 136 Å². The zero-order valence-corrected chi connectivity index (χ0v) is 13.1. The highest BCUT2D eigenvalue weighted by atomic mass is 16.3. The highest BCUT2D eigenvalue weighted by Crippen LogP contribution is 2.21. The minimum absolute atomic E-state index is 0.171. The summed E-state index contributed by atoms with van der Waals surface area (Å²) in [6.07, 6.45) is 3.66. The van der Waals surface area contributed by atoms with Gasteiger partial charge in [-0.2, -0.15) is 0 Å². The SMILES string of the molecule is C[C@@H](NCc1cccc(-c2cccnc2)c1)c1cccc(O)c1. The van der Waals surface area contributed by atoms with Crippen LogP contribution in [-0.4, -0.2) is 10.1 Å². The zero-order chi connectivity index (χ0) is 16.1. The first-order valence-corrected chi connectivity index (χ1v) is 7.74. The van der Waals surface area contributed by atoms with Gasteiger partial charge in [0.05, 0.1) is 0 Å². The summed E-state index contributed by atoms with van der Waals surface area (Å²) in [6, 6.07) is 20.0. The number of phenols is 1. The van der Waals surface area contributed by atoms with Gasteiger partial charge in [0.1, 0.15) is 5.75 Å². The number of nitrogens with zero attached hydrogens (tertiary/aromatic N) is 1. The summed E-state index contributed by atoms with van der Waals surface area (Å²) in [5.41, 5.74) is 4.59. The van der Waals surface area contributed by atoms with Gasteiger partial charge in [-0.15, -0.1) is 0 Å². The Morgan fingerprint density at radius 2 is 1.83 bits per heavy atom. The first-order chi connectivity index (χ1) is 11.2. The second kappa shape index (κ2) is 7.07. The third-order valence-corrected chi connectivity index (χ3v) is 3.90. The lowest BCUT2D eigenvalue weighted by Gasteiger charge is -2.15. The van der Waals surface area contributed by atoms with E-state index in [1.807, 2.05) is 24.4 Å². The van der Waals surface area contributed by atoms with Gasteiger partial charge in [-0.25, -0.2) is 0 Å². The van der Waals surface area contributed by atoms with Crippen molar-refractivity contribution < 1.29 is 5.11 Å². The predicted octanol–water partition coefficient (Wildman–Crippen LogP) is 4.31. The minimum atomic E-state index is 0.171. The van der Waals surface area contributed by atoms with Crippen molar-refractivity contribution in [2.75, 3.05) is 0 Å². The number of pyridine rings is 1. The highest BCUT2D eigenvalue weighted by molar-refractivity contribution is 5.62. The lowest BCUT2D eigenvalue weighted by atomic mass is 10.0. The molecule has 0 aliphatic heterocycles. The van der Waals surface area contributed by atoms with E-state index in [0.29, 0.717) is 5.75 Å². The van der Waals surface area contributed by atoms with E-state index in [1.54, 1.807) is 18.3 Å². The fourth-order valence-electron chi connectivity index (χ4n) is 2.58. The molecule has 3 nitrogen and oxygen atoms in total. The quantitative estimate of drug-likeness (QED) is 0.738. The molecule has 0 saturated heterocycles. The molecule has 0 fully saturated rings. The first-order valence-electron chi connectivity index (χ1n) is 7.74. The molecule has 23 heavy (non-hydrogen) atoms. The van der Waals surface area contributed by atoms with Crippen molar-refractivity contribution in [1.29, 1.82) is 0 Å². The molecule has 2 aromatic carbocycles. The van der Waals surface area contributed by atoms with E-state index in [2.05, 4.69) is 47.6 Å². The molecule has 0 aliphatic carbocycles. The Balaban J connectivity index is 1.69. The summed E-state index contributed by atoms with van der Waals surface area (Å²) in [4.78, 5) is 4.17. The smallest absolute Gasteiger partial charge is 0.115 e. The molecule has 1 aromatic heterocycles. The molecule has 0 unspecified atom stereocenters. The maximum Gasteiger partial charge on any atom is 0.115 e. The van der Waals surface area contributed by atoms with E-state index in [-0.39, 0.29) is 6.04 Å². The molecule has 0 spiro atoms. The number of nitrogens with one attached hydrogen (secondary N) is 1. The van der Waals surface area contributed by atoms with Crippen LogP contribution in [0.3, 0.4) is 0 Å². The molecular formula is C20H20N2O. The molecule has 0 bridgehead atoms. The Bertz CT molecular complexity index is 771. The van der Waals surface area contributed by atoms with Gasteiger partial charge in [-0.3, -0.25) is 4.98 Å². The standard InChI is InChI=1S/C20H20N2O/c1-15(17-6-3-9-20(23)12-17)22-13-16-5-2-7-18(11-16)19-8-4-10-21-14-19/h2-12,14-15,22-23H,13H2,1H3/t15-/m1/s1. The number of benzene rings is 2. The number of aromatic nitrogens is 1. The number of hydrogen-bond acceptors (Lipinski definition) is 3. The van der Waals surface area contributed by atoms with Crippen LogP contribution in [-0.2, 0) is 6.54 Å². The van der Waals surface area contributed by atoms with E-state index < -0.39 is 0 Å². The fourth-order valence-corrected chi connectivity index (χ4v) is 2.58. The topological polar surface area (TPSA) is 45.2 Å². The lowest BCUT2D eigenvalue weighted by Crippen LogP contribution is -2.18. The molecule has 0 amide bonds. The van der Waals surface area contributed by atoms with E-state index in [9.17, 15) is 5.11 Å². The van der Waals surface area contributed by atoms with Crippen molar-refractivity contribution in [2.45, 2.75) is 19.5 Å². The van der Waals surface area contributed by atoms with Gasteiger partial charge in [0.25, 0.3) is 0 Å². The molecular weight excluding hydrogens is 284 g/mol. The maximum atomic E-state index is 9.58. The van der Waals surface area contributed by atoms with E-state index >= 15 is 0 Å². The molecule has 1 atom stereocenters. The van der Waals surface area contributed by atoms with Crippen LogP contribution in [0.1, 0.15) is 24.1 Å². The number of aromatic hydroxyl groups is 1. The van der Waals surface area contributed by atoms with Crippen molar-refractivity contribution in [2.24, 2.45) is 0 Å². The van der Waals surface area contributed by atoms with Gasteiger partial charge in [0.15, 0.2) is 0 Å². The molecule has 3 rings (SSSR count). The molecule has 3 heteroatoms. The van der Waals surface area contributed by atoms with Crippen molar-refractivity contribution in [3.05, 3.63) is 84.2 Å². The highest BCUT2D eigenvalue weighted by Gasteiger charge is 2.06. The predicted molar refractivity (Wildman–Crippen MR) is 93.0 cm³/mol. The van der Waals surface area contributed by atoms with Crippen molar-refractivity contribution in [3.8, 4) is 16.9 Å². The summed E-state index contributed by atoms with van der Waals surface area (Å²) < 4.78 is 0. The van der Waals surface area contributed by atoms with Gasteiger partial charge in [-0.1, -0.05) is 36.4 Å². The Hall–Kier alpha value is -2.65. The van der Waals surface area contributed by atoms with Gasteiger partial charge < -0.3 is 10.4 Å². The number of phenolic OH excluding ortho intramolecular Hbond substituents is 1. The molecule has 0 aliphatic rings. The van der Waals surface area contributed by atoms with Gasteiger partial charge >= 0.3 is 0 Å². The zero-order valence-electron chi connectivity index (χ0n) is 13.1. The minimum Gasteiger partial charge on any atom is -0.508 e. The molecule has 0 saturated carbocycles. The maximum absolute atomic E-state index is 9.58. The van der Waals surface area contributed by atoms with Crippen LogP contribution >= 0.6 is 0 Å². The van der Waals surface area contributed by atoms with E-state index in [4.69, 9.17) is 0 Å². The lowest BCUT2D eigenvalue weighted by molar-refractivity contribution is 0.472. The van der Waals surface area contributed by atoms with Crippen LogP contribution < -0.4 is 5.32 Å². The second-order valence-electron chi connectivity index (χ2n) is 5.64. The summed E-state index contributed by atoms with van der Waals surface area (Å²) in [6.45, 7) is 2.87. The molecule has 2 N–H and O–H groups in total. The fraction of sp³-hybridized carbons (Fsp3) is 0.150. The number of rotatable bonds is 5. The van der Waals surface area contributed by atoms with Gasteiger partial charge in [0, 0.05) is 25.0 Å². The van der Waals surface area contributed by atoms with Crippen LogP contribution in [0, 0.1) is 0 Å². The second-order valence-corrected chi connectivity index (χ2v) is 5.64. The van der Waals surface area contributed by atoms with E-state index in [0.717, 1.165) is 17.7 Å². The molecule has 1 heterocycles. The Kier molecular flexibility index (Phi) is 4.69. The number of hydrogen-bond donors (Lipinski definition) is 2. The summed E-state index contributed by atoms with van der Waals surface area (Å²) >= 11 is 0.